The summed E-state index contributed by atoms with van der Waals surface area (Å²) in [6, 6.07) is 5.88. The van der Waals surface area contributed by atoms with Gasteiger partial charge in [-0.05, 0) is 25.0 Å². The van der Waals surface area contributed by atoms with Crippen LogP contribution in [0.5, 0.6) is 5.75 Å². The first-order valence-electron chi connectivity index (χ1n) is 5.69. The molecule has 1 aliphatic rings. The number of hydrogen-bond acceptors (Lipinski definition) is 2. The van der Waals surface area contributed by atoms with E-state index in [0.29, 0.717) is 0 Å². The van der Waals surface area contributed by atoms with Gasteiger partial charge in [-0.3, -0.25) is 0 Å². The Morgan fingerprint density at radius 1 is 1.17 bits per heavy atom. The van der Waals surface area contributed by atoms with Crippen molar-refractivity contribution in [3.8, 4) is 5.75 Å². The molecule has 100 valence electrons. The van der Waals surface area contributed by atoms with Crippen molar-refractivity contribution < 1.29 is 22.3 Å². The Kier molecular flexibility index (Phi) is 3.63. The Balaban J connectivity index is 2.12. The van der Waals surface area contributed by atoms with Crippen LogP contribution < -0.4 is 9.64 Å². The molecule has 1 fully saturated rings. The van der Waals surface area contributed by atoms with Gasteiger partial charge in [-0.2, -0.15) is 17.6 Å². The second-order valence-corrected chi connectivity index (χ2v) is 4.16. The zero-order valence-electron chi connectivity index (χ0n) is 9.58. The van der Waals surface area contributed by atoms with E-state index in [0.717, 1.165) is 31.6 Å². The molecule has 1 saturated heterocycles. The first kappa shape index (κ1) is 13.0. The average Bonchev–Trinajstić information content (AvgIpc) is 2.82. The van der Waals surface area contributed by atoms with Crippen LogP contribution in [0.25, 0.3) is 0 Å². The smallest absolute Gasteiger partial charge is 0.428 e. The van der Waals surface area contributed by atoms with Gasteiger partial charge in [0.15, 0.2) is 0 Å². The Morgan fingerprint density at radius 2 is 1.83 bits per heavy atom. The fourth-order valence-electron chi connectivity index (χ4n) is 1.92. The highest BCUT2D eigenvalue weighted by molar-refractivity contribution is 5.51. The third-order valence-corrected chi connectivity index (χ3v) is 2.80. The van der Waals surface area contributed by atoms with Crippen LogP contribution in [0.4, 0.5) is 23.2 Å². The summed E-state index contributed by atoms with van der Waals surface area (Å²) in [7, 11) is 0. The van der Waals surface area contributed by atoms with Crippen LogP contribution in [-0.4, -0.2) is 25.6 Å². The SMILES string of the molecule is FC(F)C(F)(F)Oc1cccc(N2CCCC2)c1. The van der Waals surface area contributed by atoms with Gasteiger partial charge in [0, 0.05) is 24.8 Å². The van der Waals surface area contributed by atoms with E-state index in [1.165, 1.54) is 18.2 Å². The molecule has 0 N–H and O–H groups in total. The van der Waals surface area contributed by atoms with Gasteiger partial charge in [-0.1, -0.05) is 6.07 Å². The maximum Gasteiger partial charge on any atom is 0.461 e. The minimum atomic E-state index is -4.45. The predicted octanol–water partition coefficient (Wildman–Crippen LogP) is 3.52. The van der Waals surface area contributed by atoms with Crippen LogP contribution in [0.1, 0.15) is 12.8 Å². The molecule has 0 unspecified atom stereocenters. The van der Waals surface area contributed by atoms with Gasteiger partial charge in [-0.15, -0.1) is 0 Å². The van der Waals surface area contributed by atoms with Crippen molar-refractivity contribution >= 4 is 5.69 Å². The minimum absolute atomic E-state index is 0.246. The molecule has 0 bridgehead atoms. The molecule has 2 nitrogen and oxygen atoms in total. The van der Waals surface area contributed by atoms with Crippen molar-refractivity contribution in [2.45, 2.75) is 25.4 Å². The minimum Gasteiger partial charge on any atom is -0.428 e. The van der Waals surface area contributed by atoms with Crippen molar-refractivity contribution in [1.82, 2.24) is 0 Å². The third kappa shape index (κ3) is 2.86. The van der Waals surface area contributed by atoms with Crippen LogP contribution in [-0.2, 0) is 0 Å². The first-order valence-corrected chi connectivity index (χ1v) is 5.69. The molecule has 1 aromatic carbocycles. The summed E-state index contributed by atoms with van der Waals surface area (Å²) in [5, 5.41) is 0. The van der Waals surface area contributed by atoms with Gasteiger partial charge in [0.1, 0.15) is 5.75 Å². The van der Waals surface area contributed by atoms with Gasteiger partial charge in [0.25, 0.3) is 0 Å². The molecule has 2 rings (SSSR count). The zero-order valence-corrected chi connectivity index (χ0v) is 9.58. The van der Waals surface area contributed by atoms with Gasteiger partial charge in [0.2, 0.25) is 0 Å². The zero-order chi connectivity index (χ0) is 13.2. The summed E-state index contributed by atoms with van der Waals surface area (Å²) in [5.74, 6) is -0.246. The van der Waals surface area contributed by atoms with Gasteiger partial charge in [0.05, 0.1) is 0 Å². The third-order valence-electron chi connectivity index (χ3n) is 2.80. The Bertz CT molecular complexity index is 405. The maximum atomic E-state index is 12.8. The highest BCUT2D eigenvalue weighted by Crippen LogP contribution is 2.30. The standard InChI is InChI=1S/C12H13F4NO/c13-11(14)12(15,16)18-10-5-3-4-9(8-10)17-6-1-2-7-17/h3-5,8,11H,1-2,6-7H2. The number of rotatable bonds is 4. The lowest BCUT2D eigenvalue weighted by atomic mass is 10.3. The van der Waals surface area contributed by atoms with Gasteiger partial charge >= 0.3 is 12.5 Å². The number of ether oxygens (including phenoxy) is 1. The topological polar surface area (TPSA) is 12.5 Å². The molecule has 0 aliphatic carbocycles. The molecule has 0 atom stereocenters. The number of anilines is 1. The number of benzene rings is 1. The highest BCUT2D eigenvalue weighted by Gasteiger charge is 2.44. The number of nitrogens with zero attached hydrogens (tertiary/aromatic N) is 1. The molecule has 1 heterocycles. The molecule has 1 aromatic rings. The van der Waals surface area contributed by atoms with Crippen molar-refractivity contribution in [1.29, 1.82) is 0 Å². The van der Waals surface area contributed by atoms with Crippen LogP contribution in [0.15, 0.2) is 24.3 Å². The quantitative estimate of drug-likeness (QED) is 0.770. The summed E-state index contributed by atoms with van der Waals surface area (Å²) in [4.78, 5) is 2.01. The molecule has 0 spiro atoms. The summed E-state index contributed by atoms with van der Waals surface area (Å²) in [6.07, 6.45) is -6.21. The van der Waals surface area contributed by atoms with Crippen LogP contribution in [0.3, 0.4) is 0 Å². The van der Waals surface area contributed by atoms with E-state index in [1.807, 2.05) is 4.90 Å². The van der Waals surface area contributed by atoms with Crippen LogP contribution in [0, 0.1) is 0 Å². The molecular weight excluding hydrogens is 250 g/mol. The van der Waals surface area contributed by atoms with Gasteiger partial charge in [-0.25, -0.2) is 0 Å². The number of alkyl halides is 4. The van der Waals surface area contributed by atoms with Crippen LogP contribution >= 0.6 is 0 Å². The summed E-state index contributed by atoms with van der Waals surface area (Å²) in [5.41, 5.74) is 0.718. The Hall–Kier alpha value is -1.46. The number of halogens is 4. The lowest BCUT2D eigenvalue weighted by molar-refractivity contribution is -0.253. The lowest BCUT2D eigenvalue weighted by Gasteiger charge is -2.20. The van der Waals surface area contributed by atoms with Crippen LogP contribution in [0.2, 0.25) is 0 Å². The fourth-order valence-corrected chi connectivity index (χ4v) is 1.92. The Morgan fingerprint density at radius 3 is 2.44 bits per heavy atom. The van der Waals surface area contributed by atoms with Crippen molar-refractivity contribution in [3.63, 3.8) is 0 Å². The summed E-state index contributed by atoms with van der Waals surface area (Å²) < 4.78 is 53.6. The summed E-state index contributed by atoms with van der Waals surface area (Å²) >= 11 is 0. The largest absolute Gasteiger partial charge is 0.461 e. The van der Waals surface area contributed by atoms with Crippen molar-refractivity contribution in [3.05, 3.63) is 24.3 Å². The molecule has 18 heavy (non-hydrogen) atoms. The molecule has 0 amide bonds. The van der Waals surface area contributed by atoms with E-state index in [4.69, 9.17) is 0 Å². The van der Waals surface area contributed by atoms with Crippen molar-refractivity contribution in [2.75, 3.05) is 18.0 Å². The predicted molar refractivity (Wildman–Crippen MR) is 59.5 cm³/mol. The van der Waals surface area contributed by atoms with Gasteiger partial charge < -0.3 is 9.64 Å². The first-order chi connectivity index (χ1) is 8.49. The molecule has 6 heteroatoms. The second kappa shape index (κ2) is 5.04. The maximum absolute atomic E-state index is 12.8. The van der Waals surface area contributed by atoms with Crippen molar-refractivity contribution in [2.24, 2.45) is 0 Å². The second-order valence-electron chi connectivity index (χ2n) is 4.16. The van der Waals surface area contributed by atoms with E-state index in [2.05, 4.69) is 4.74 Å². The van der Waals surface area contributed by atoms with E-state index in [1.54, 1.807) is 6.07 Å². The lowest BCUT2D eigenvalue weighted by Crippen LogP contribution is -2.33. The van der Waals surface area contributed by atoms with E-state index >= 15 is 0 Å². The average molecular weight is 263 g/mol. The fraction of sp³-hybridized carbons (Fsp3) is 0.500. The summed E-state index contributed by atoms with van der Waals surface area (Å²) in [6.45, 7) is 1.68. The molecule has 1 aliphatic heterocycles. The monoisotopic (exact) mass is 263 g/mol. The molecule has 0 aromatic heterocycles. The van der Waals surface area contributed by atoms with E-state index in [9.17, 15) is 17.6 Å². The molecule has 0 saturated carbocycles. The molecular formula is C12H13F4NO. The normalized spacial score (nSPS) is 16.4. The molecule has 0 radical (unpaired) electrons. The Labute approximate surface area is 102 Å². The van der Waals surface area contributed by atoms with E-state index in [-0.39, 0.29) is 5.75 Å². The number of hydrogen-bond donors (Lipinski definition) is 0. The highest BCUT2D eigenvalue weighted by atomic mass is 19.3. The van der Waals surface area contributed by atoms with E-state index < -0.39 is 12.5 Å².